The molecule has 0 bridgehead atoms. The fraction of sp³-hybridized carbons (Fsp3) is 0.632. The van der Waals surface area contributed by atoms with Crippen LogP contribution in [0.25, 0.3) is 0 Å². The average molecular weight is 360 g/mol. The lowest BCUT2D eigenvalue weighted by Gasteiger charge is -2.33. The lowest BCUT2D eigenvalue weighted by molar-refractivity contribution is -0.117. The molecule has 1 aromatic carbocycles. The Hall–Kier alpha value is -1.67. The molecule has 0 aliphatic carbocycles. The van der Waals surface area contributed by atoms with E-state index in [1.165, 1.54) is 5.69 Å². The molecule has 26 heavy (non-hydrogen) atoms. The van der Waals surface area contributed by atoms with E-state index in [-0.39, 0.29) is 12.0 Å². The fourth-order valence-electron chi connectivity index (χ4n) is 4.04. The van der Waals surface area contributed by atoms with Crippen molar-refractivity contribution >= 4 is 17.3 Å². The Morgan fingerprint density at radius 2 is 1.88 bits per heavy atom. The van der Waals surface area contributed by atoms with Crippen molar-refractivity contribution in [2.45, 2.75) is 12.1 Å². The van der Waals surface area contributed by atoms with Crippen LogP contribution in [0.1, 0.15) is 0 Å². The Morgan fingerprint density at radius 3 is 2.62 bits per heavy atom. The first-order valence-electron chi connectivity index (χ1n) is 9.46. The van der Waals surface area contributed by atoms with Gasteiger partial charge in [-0.2, -0.15) is 0 Å². The molecule has 7 heteroatoms. The van der Waals surface area contributed by atoms with Crippen LogP contribution >= 0.6 is 0 Å². The van der Waals surface area contributed by atoms with Gasteiger partial charge in [-0.05, 0) is 31.3 Å². The molecule has 142 valence electrons. The first-order valence-corrected chi connectivity index (χ1v) is 9.46. The zero-order chi connectivity index (χ0) is 17.9. The van der Waals surface area contributed by atoms with Crippen molar-refractivity contribution < 1.29 is 14.3 Å². The predicted molar refractivity (Wildman–Crippen MR) is 101 cm³/mol. The van der Waals surface area contributed by atoms with Gasteiger partial charge in [-0.3, -0.25) is 14.6 Å². The number of benzene rings is 1. The summed E-state index contributed by atoms with van der Waals surface area (Å²) in [6.45, 7) is 7.27. The second-order valence-corrected chi connectivity index (χ2v) is 7.35. The van der Waals surface area contributed by atoms with Gasteiger partial charge >= 0.3 is 0 Å². The van der Waals surface area contributed by atoms with E-state index in [0.717, 1.165) is 58.2 Å². The standard InChI is InChI=1S/C19H28N4O3/c1-21-6-11-26-18-13-22(12-17(18)21)14-19(24)20-15-2-4-16(5-3-15)23-7-9-25-10-8-23/h2-5,17-18H,6-14H2,1H3,(H,20,24)/t17-,18+/m0/s1. The van der Waals surface area contributed by atoms with Crippen molar-refractivity contribution in [3.63, 3.8) is 0 Å². The highest BCUT2D eigenvalue weighted by atomic mass is 16.5. The highest BCUT2D eigenvalue weighted by Gasteiger charge is 2.38. The van der Waals surface area contributed by atoms with Crippen molar-refractivity contribution in [2.24, 2.45) is 0 Å². The maximum atomic E-state index is 12.4. The Bertz CT molecular complexity index is 618. The average Bonchev–Trinajstić information content (AvgIpc) is 3.07. The number of morpholine rings is 2. The quantitative estimate of drug-likeness (QED) is 0.843. The van der Waals surface area contributed by atoms with E-state index in [0.29, 0.717) is 12.6 Å². The molecular formula is C19H28N4O3. The van der Waals surface area contributed by atoms with Crippen molar-refractivity contribution in [2.75, 3.05) is 76.4 Å². The summed E-state index contributed by atoms with van der Waals surface area (Å²) < 4.78 is 11.2. The molecule has 3 saturated heterocycles. The molecule has 7 nitrogen and oxygen atoms in total. The number of carbonyl (C=O) groups is 1. The summed E-state index contributed by atoms with van der Waals surface area (Å²) in [6.07, 6.45) is 0.231. The van der Waals surface area contributed by atoms with Gasteiger partial charge < -0.3 is 19.7 Å². The van der Waals surface area contributed by atoms with Gasteiger partial charge in [0.2, 0.25) is 5.91 Å². The van der Waals surface area contributed by atoms with Gasteiger partial charge in [-0.25, -0.2) is 0 Å². The minimum atomic E-state index is 0.0328. The molecule has 1 aromatic rings. The number of anilines is 2. The van der Waals surface area contributed by atoms with E-state index in [1.54, 1.807) is 0 Å². The summed E-state index contributed by atoms with van der Waals surface area (Å²) in [7, 11) is 2.14. The Kier molecular flexibility index (Phi) is 5.40. The van der Waals surface area contributed by atoms with Gasteiger partial charge in [0, 0.05) is 50.1 Å². The van der Waals surface area contributed by atoms with Gasteiger partial charge in [-0.1, -0.05) is 0 Å². The highest BCUT2D eigenvalue weighted by Crippen LogP contribution is 2.22. The normalized spacial score (nSPS) is 27.3. The third-order valence-electron chi connectivity index (χ3n) is 5.55. The Balaban J connectivity index is 1.28. The summed E-state index contributed by atoms with van der Waals surface area (Å²) >= 11 is 0. The first kappa shape index (κ1) is 17.7. The number of ether oxygens (including phenoxy) is 2. The van der Waals surface area contributed by atoms with Gasteiger partial charge in [0.15, 0.2) is 0 Å². The van der Waals surface area contributed by atoms with Crippen LogP contribution in [-0.4, -0.2) is 94.0 Å². The lowest BCUT2D eigenvalue weighted by Crippen LogP contribution is -2.48. The van der Waals surface area contributed by atoms with E-state index in [1.807, 2.05) is 12.1 Å². The third kappa shape index (κ3) is 4.01. The molecule has 0 unspecified atom stereocenters. The first-order chi connectivity index (χ1) is 12.7. The third-order valence-corrected chi connectivity index (χ3v) is 5.55. The molecule has 1 N–H and O–H groups in total. The monoisotopic (exact) mass is 360 g/mol. The maximum absolute atomic E-state index is 12.4. The number of nitrogens with one attached hydrogen (secondary N) is 1. The zero-order valence-electron chi connectivity index (χ0n) is 15.4. The van der Waals surface area contributed by atoms with Gasteiger partial charge in [0.25, 0.3) is 0 Å². The number of nitrogens with zero attached hydrogens (tertiary/aromatic N) is 3. The molecular weight excluding hydrogens is 332 g/mol. The Morgan fingerprint density at radius 1 is 1.12 bits per heavy atom. The number of amides is 1. The number of likely N-dealkylation sites (tertiary alicyclic amines) is 1. The zero-order valence-corrected chi connectivity index (χ0v) is 15.4. The molecule has 3 aliphatic heterocycles. The fourth-order valence-corrected chi connectivity index (χ4v) is 4.04. The molecule has 0 saturated carbocycles. The number of rotatable bonds is 4. The van der Waals surface area contributed by atoms with Crippen LogP contribution in [0, 0.1) is 0 Å². The maximum Gasteiger partial charge on any atom is 0.238 e. The largest absolute Gasteiger partial charge is 0.378 e. The van der Waals surface area contributed by atoms with Crippen molar-refractivity contribution in [1.82, 2.24) is 9.80 Å². The summed E-state index contributed by atoms with van der Waals surface area (Å²) in [5, 5.41) is 3.01. The number of hydrogen-bond acceptors (Lipinski definition) is 6. The summed E-state index contributed by atoms with van der Waals surface area (Å²) in [5.41, 5.74) is 2.02. The number of hydrogen-bond donors (Lipinski definition) is 1. The van der Waals surface area contributed by atoms with E-state index in [2.05, 4.69) is 39.2 Å². The molecule has 3 aliphatic rings. The van der Waals surface area contributed by atoms with Crippen LogP contribution in [0.2, 0.25) is 0 Å². The van der Waals surface area contributed by atoms with E-state index >= 15 is 0 Å². The molecule has 0 aromatic heterocycles. The second-order valence-electron chi connectivity index (χ2n) is 7.35. The summed E-state index contributed by atoms with van der Waals surface area (Å²) in [6, 6.07) is 8.49. The minimum Gasteiger partial charge on any atom is -0.378 e. The Labute approximate surface area is 154 Å². The van der Waals surface area contributed by atoms with Gasteiger partial charge in [0.05, 0.1) is 32.5 Å². The van der Waals surface area contributed by atoms with Gasteiger partial charge in [-0.15, -0.1) is 0 Å². The van der Waals surface area contributed by atoms with Crippen LogP contribution in [0.3, 0.4) is 0 Å². The van der Waals surface area contributed by atoms with Crippen LogP contribution in [0.15, 0.2) is 24.3 Å². The molecule has 0 radical (unpaired) electrons. The molecule has 1 amide bonds. The number of carbonyl (C=O) groups excluding carboxylic acids is 1. The smallest absolute Gasteiger partial charge is 0.238 e. The van der Waals surface area contributed by atoms with Crippen molar-refractivity contribution in [3.8, 4) is 0 Å². The minimum absolute atomic E-state index is 0.0328. The molecule has 3 heterocycles. The molecule has 3 fully saturated rings. The highest BCUT2D eigenvalue weighted by molar-refractivity contribution is 5.92. The van der Waals surface area contributed by atoms with E-state index < -0.39 is 0 Å². The summed E-state index contributed by atoms with van der Waals surface area (Å²) in [5.74, 6) is 0.0328. The topological polar surface area (TPSA) is 57.3 Å². The SMILES string of the molecule is CN1CCO[C@@H]2CN(CC(=O)Nc3ccc(N4CCOCC4)cc3)C[C@@H]21. The van der Waals surface area contributed by atoms with E-state index in [9.17, 15) is 4.79 Å². The van der Waals surface area contributed by atoms with Crippen LogP contribution < -0.4 is 10.2 Å². The van der Waals surface area contributed by atoms with Crippen LogP contribution in [0.4, 0.5) is 11.4 Å². The van der Waals surface area contributed by atoms with Crippen LogP contribution in [0.5, 0.6) is 0 Å². The van der Waals surface area contributed by atoms with Gasteiger partial charge in [0.1, 0.15) is 0 Å². The van der Waals surface area contributed by atoms with Crippen molar-refractivity contribution in [3.05, 3.63) is 24.3 Å². The predicted octanol–water partition coefficient (Wildman–Crippen LogP) is 0.477. The van der Waals surface area contributed by atoms with Crippen molar-refractivity contribution in [1.29, 1.82) is 0 Å². The number of fused-ring (bicyclic) bond motifs is 1. The summed E-state index contributed by atoms with van der Waals surface area (Å²) in [4.78, 5) is 19.2. The van der Waals surface area contributed by atoms with E-state index in [4.69, 9.17) is 9.47 Å². The lowest BCUT2D eigenvalue weighted by atomic mass is 10.1. The molecule has 0 spiro atoms. The van der Waals surface area contributed by atoms with Crippen LogP contribution in [-0.2, 0) is 14.3 Å². The number of likely N-dealkylation sites (N-methyl/N-ethyl adjacent to an activating group) is 1. The molecule has 2 atom stereocenters. The molecule has 4 rings (SSSR count). The second kappa shape index (κ2) is 7.92.